The fourth-order valence-corrected chi connectivity index (χ4v) is 2.45. The van der Waals surface area contributed by atoms with E-state index >= 15 is 0 Å². The van der Waals surface area contributed by atoms with Gasteiger partial charge in [-0.25, -0.2) is 0 Å². The first-order chi connectivity index (χ1) is 8.48. The minimum Gasteiger partial charge on any atom is -0.507 e. The number of rotatable bonds is 2. The fraction of sp³-hybridized carbons (Fsp3) is 0.0769. The van der Waals surface area contributed by atoms with Crippen molar-refractivity contribution in [1.82, 2.24) is 0 Å². The van der Waals surface area contributed by atoms with Crippen molar-refractivity contribution >= 4 is 11.8 Å². The summed E-state index contributed by atoms with van der Waals surface area (Å²) in [4.78, 5) is 0.473. The standard InChI is InChI=1S/C13H9F3OS/c14-13(15,16)9-5-1-3-7-11(9)18-12-8-4-2-6-10(12)17/h1-8,17H. The number of hydrogen-bond donors (Lipinski definition) is 1. The first kappa shape index (κ1) is 12.8. The molecule has 2 rings (SSSR count). The van der Waals surface area contributed by atoms with Crippen LogP contribution in [0.5, 0.6) is 5.75 Å². The van der Waals surface area contributed by atoms with E-state index in [9.17, 15) is 18.3 Å². The highest BCUT2D eigenvalue weighted by atomic mass is 32.2. The van der Waals surface area contributed by atoms with E-state index in [4.69, 9.17) is 0 Å². The summed E-state index contributed by atoms with van der Waals surface area (Å²) in [5.74, 6) is -0.0283. The predicted octanol–water partition coefficient (Wildman–Crippen LogP) is 4.56. The van der Waals surface area contributed by atoms with Crippen LogP contribution in [0.3, 0.4) is 0 Å². The molecule has 0 amide bonds. The summed E-state index contributed by atoms with van der Waals surface area (Å²) in [5.41, 5.74) is -0.696. The second-order valence-corrected chi connectivity index (χ2v) is 4.65. The Morgan fingerprint density at radius 2 is 1.39 bits per heavy atom. The van der Waals surface area contributed by atoms with Crippen molar-refractivity contribution in [2.75, 3.05) is 0 Å². The number of alkyl halides is 3. The molecule has 0 spiro atoms. The molecule has 0 unspecified atom stereocenters. The van der Waals surface area contributed by atoms with E-state index in [1.807, 2.05) is 0 Å². The number of aromatic hydroxyl groups is 1. The van der Waals surface area contributed by atoms with Crippen LogP contribution < -0.4 is 0 Å². The Hall–Kier alpha value is -1.62. The third-order valence-electron chi connectivity index (χ3n) is 2.28. The zero-order chi connectivity index (χ0) is 13.2. The van der Waals surface area contributed by atoms with Gasteiger partial charge in [0, 0.05) is 4.90 Å². The molecule has 0 aliphatic rings. The monoisotopic (exact) mass is 270 g/mol. The molecule has 2 aromatic carbocycles. The molecular formula is C13H9F3OS. The van der Waals surface area contributed by atoms with Crippen molar-refractivity contribution < 1.29 is 18.3 Å². The summed E-state index contributed by atoms with van der Waals surface area (Å²) in [6.45, 7) is 0. The summed E-state index contributed by atoms with van der Waals surface area (Å²) >= 11 is 0.898. The molecule has 94 valence electrons. The van der Waals surface area contributed by atoms with E-state index in [0.717, 1.165) is 17.8 Å². The molecule has 0 aliphatic heterocycles. The van der Waals surface area contributed by atoms with Gasteiger partial charge in [-0.1, -0.05) is 36.0 Å². The van der Waals surface area contributed by atoms with Crippen molar-refractivity contribution in [3.05, 3.63) is 54.1 Å². The molecule has 0 heterocycles. The third kappa shape index (κ3) is 2.79. The highest BCUT2D eigenvalue weighted by Gasteiger charge is 2.33. The molecule has 0 saturated carbocycles. The van der Waals surface area contributed by atoms with E-state index < -0.39 is 11.7 Å². The Morgan fingerprint density at radius 1 is 0.833 bits per heavy atom. The van der Waals surface area contributed by atoms with E-state index in [0.29, 0.717) is 4.90 Å². The Labute approximate surface area is 106 Å². The number of para-hydroxylation sites is 1. The fourth-order valence-electron chi connectivity index (χ4n) is 1.45. The maximum absolute atomic E-state index is 12.8. The Kier molecular flexibility index (Phi) is 3.52. The molecule has 2 aromatic rings. The molecular weight excluding hydrogens is 261 g/mol. The summed E-state index contributed by atoms with van der Waals surface area (Å²) in [6, 6.07) is 11.6. The van der Waals surface area contributed by atoms with Gasteiger partial charge in [0.1, 0.15) is 5.75 Å². The number of halogens is 3. The van der Waals surface area contributed by atoms with Gasteiger partial charge >= 0.3 is 6.18 Å². The SMILES string of the molecule is Oc1ccccc1Sc1ccccc1C(F)(F)F. The highest BCUT2D eigenvalue weighted by Crippen LogP contribution is 2.41. The Morgan fingerprint density at radius 3 is 2.00 bits per heavy atom. The minimum atomic E-state index is -4.39. The van der Waals surface area contributed by atoms with Crippen molar-refractivity contribution in [2.24, 2.45) is 0 Å². The van der Waals surface area contributed by atoms with Crippen LogP contribution in [0.25, 0.3) is 0 Å². The molecule has 0 aliphatic carbocycles. The lowest BCUT2D eigenvalue weighted by Gasteiger charge is -2.12. The predicted molar refractivity (Wildman–Crippen MR) is 63.7 cm³/mol. The molecule has 0 bridgehead atoms. The molecule has 0 fully saturated rings. The van der Waals surface area contributed by atoms with Crippen LogP contribution in [-0.2, 0) is 6.18 Å². The average molecular weight is 270 g/mol. The summed E-state index contributed by atoms with van der Waals surface area (Å²) in [5, 5.41) is 9.56. The molecule has 18 heavy (non-hydrogen) atoms. The van der Waals surface area contributed by atoms with Crippen molar-refractivity contribution in [2.45, 2.75) is 16.0 Å². The summed E-state index contributed by atoms with van der Waals surface area (Å²) in [7, 11) is 0. The largest absolute Gasteiger partial charge is 0.507 e. The molecule has 0 radical (unpaired) electrons. The maximum atomic E-state index is 12.8. The average Bonchev–Trinajstić information content (AvgIpc) is 2.31. The lowest BCUT2D eigenvalue weighted by Crippen LogP contribution is -2.06. The maximum Gasteiger partial charge on any atom is 0.417 e. The van der Waals surface area contributed by atoms with Crippen LogP contribution in [0.15, 0.2) is 58.3 Å². The van der Waals surface area contributed by atoms with Crippen LogP contribution in [0.4, 0.5) is 13.2 Å². The summed E-state index contributed by atoms with van der Waals surface area (Å²) in [6.07, 6.45) is -4.39. The zero-order valence-electron chi connectivity index (χ0n) is 9.11. The zero-order valence-corrected chi connectivity index (χ0v) is 9.92. The Balaban J connectivity index is 2.39. The van der Waals surface area contributed by atoms with Gasteiger partial charge in [-0.3, -0.25) is 0 Å². The van der Waals surface area contributed by atoms with Gasteiger partial charge in [0.25, 0.3) is 0 Å². The van der Waals surface area contributed by atoms with Gasteiger partial charge in [0.2, 0.25) is 0 Å². The quantitative estimate of drug-likeness (QED) is 0.863. The smallest absolute Gasteiger partial charge is 0.417 e. The lowest BCUT2D eigenvalue weighted by atomic mass is 10.2. The molecule has 5 heteroatoms. The van der Waals surface area contributed by atoms with Crippen molar-refractivity contribution in [3.63, 3.8) is 0 Å². The van der Waals surface area contributed by atoms with Crippen LogP contribution in [0.2, 0.25) is 0 Å². The number of phenols is 1. The van der Waals surface area contributed by atoms with E-state index in [1.54, 1.807) is 18.2 Å². The second-order valence-electron chi connectivity index (χ2n) is 3.56. The number of phenolic OH excluding ortho intramolecular Hbond substituents is 1. The normalized spacial score (nSPS) is 11.5. The van der Waals surface area contributed by atoms with E-state index in [-0.39, 0.29) is 10.6 Å². The van der Waals surface area contributed by atoms with Gasteiger partial charge in [-0.2, -0.15) is 13.2 Å². The molecule has 1 N–H and O–H groups in total. The van der Waals surface area contributed by atoms with Gasteiger partial charge in [0.15, 0.2) is 0 Å². The van der Waals surface area contributed by atoms with Gasteiger partial charge < -0.3 is 5.11 Å². The van der Waals surface area contributed by atoms with Crippen molar-refractivity contribution in [1.29, 1.82) is 0 Å². The van der Waals surface area contributed by atoms with E-state index in [2.05, 4.69) is 0 Å². The van der Waals surface area contributed by atoms with E-state index in [1.165, 1.54) is 24.3 Å². The molecule has 0 atom stereocenters. The number of hydrogen-bond acceptors (Lipinski definition) is 2. The van der Waals surface area contributed by atoms with Crippen LogP contribution in [0.1, 0.15) is 5.56 Å². The van der Waals surface area contributed by atoms with Gasteiger partial charge in [-0.15, -0.1) is 0 Å². The topological polar surface area (TPSA) is 20.2 Å². The minimum absolute atomic E-state index is 0.0283. The van der Waals surface area contributed by atoms with Crippen LogP contribution in [0, 0.1) is 0 Å². The number of benzene rings is 2. The van der Waals surface area contributed by atoms with Crippen LogP contribution in [-0.4, -0.2) is 5.11 Å². The molecule has 1 nitrogen and oxygen atoms in total. The highest BCUT2D eigenvalue weighted by molar-refractivity contribution is 7.99. The van der Waals surface area contributed by atoms with Crippen molar-refractivity contribution in [3.8, 4) is 5.75 Å². The lowest BCUT2D eigenvalue weighted by molar-refractivity contribution is -0.139. The molecule has 0 aromatic heterocycles. The van der Waals surface area contributed by atoms with Gasteiger partial charge in [0.05, 0.1) is 10.5 Å². The summed E-state index contributed by atoms with van der Waals surface area (Å²) < 4.78 is 38.3. The first-order valence-corrected chi connectivity index (χ1v) is 5.92. The third-order valence-corrected chi connectivity index (χ3v) is 3.42. The second kappa shape index (κ2) is 4.94. The first-order valence-electron chi connectivity index (χ1n) is 5.10. The van der Waals surface area contributed by atoms with Gasteiger partial charge in [-0.05, 0) is 24.3 Å². The molecule has 0 saturated heterocycles. The Bertz CT molecular complexity index is 552. The van der Waals surface area contributed by atoms with Crippen LogP contribution >= 0.6 is 11.8 Å².